The fraction of sp³-hybridized carbons (Fsp3) is 0.514. The Morgan fingerprint density at radius 2 is 1.96 bits per heavy atom. The maximum absolute atomic E-state index is 16.2. The lowest BCUT2D eigenvalue weighted by Gasteiger charge is -2.43. The minimum Gasteiger partial charge on any atom is -0.508 e. The number of benzene rings is 2. The quantitative estimate of drug-likeness (QED) is 0.344. The molecule has 2 aromatic carbocycles. The molecule has 8 rings (SSSR count). The molecule has 5 fully saturated rings. The van der Waals surface area contributed by atoms with Crippen molar-refractivity contribution in [2.75, 3.05) is 44.2 Å². The highest BCUT2D eigenvalue weighted by molar-refractivity contribution is 5.94. The van der Waals surface area contributed by atoms with Crippen molar-refractivity contribution in [1.29, 1.82) is 0 Å². The van der Waals surface area contributed by atoms with E-state index in [0.29, 0.717) is 66.4 Å². The number of halogens is 2. The number of phenols is 1. The number of amides is 1. The number of piperazine rings is 1. The van der Waals surface area contributed by atoms with E-state index in [1.54, 1.807) is 18.2 Å². The van der Waals surface area contributed by atoms with Crippen molar-refractivity contribution >= 4 is 22.6 Å². The van der Waals surface area contributed by atoms with Crippen LogP contribution in [0, 0.1) is 12.7 Å². The number of carbonyl (C=O) groups excluding carboxylic acids is 1. The standard InChI is InChI=1S/C35H39F2N5O3/c1-3-30(44)40-11-12-42(34(19-40)8-9-34)32-27-15-28(37)25(26-14-24(43)13-21(2)31(26)22-5-6-22)16-29(27)38-33(39-32)45-20-35-7-4-10-41(35)18-23(36)17-35/h3,13-16,22-23,43H,1,4-12,17-20H2,2H3/t23-,35?/m1/s1. The number of carbonyl (C=O) groups is 1. The van der Waals surface area contributed by atoms with Crippen LogP contribution in [0.5, 0.6) is 11.8 Å². The van der Waals surface area contributed by atoms with Crippen molar-refractivity contribution in [3.8, 4) is 22.9 Å². The Bertz CT molecular complexity index is 1720. The molecule has 1 aromatic heterocycles. The Morgan fingerprint density at radius 1 is 1.13 bits per heavy atom. The first-order chi connectivity index (χ1) is 21.7. The van der Waals surface area contributed by atoms with E-state index in [1.165, 1.54) is 12.1 Å². The van der Waals surface area contributed by atoms with Gasteiger partial charge in [-0.3, -0.25) is 9.69 Å². The Hall–Kier alpha value is -3.79. The van der Waals surface area contributed by atoms with Crippen LogP contribution in [-0.2, 0) is 4.79 Å². The van der Waals surface area contributed by atoms with E-state index in [4.69, 9.17) is 14.7 Å². The van der Waals surface area contributed by atoms with Gasteiger partial charge in [0.15, 0.2) is 0 Å². The van der Waals surface area contributed by atoms with Gasteiger partial charge in [-0.15, -0.1) is 0 Å². The van der Waals surface area contributed by atoms with Gasteiger partial charge in [0, 0.05) is 43.5 Å². The summed E-state index contributed by atoms with van der Waals surface area (Å²) in [5, 5.41) is 11.1. The summed E-state index contributed by atoms with van der Waals surface area (Å²) < 4.78 is 37.1. The summed E-state index contributed by atoms with van der Waals surface area (Å²) >= 11 is 0. The van der Waals surface area contributed by atoms with Crippen molar-refractivity contribution in [3.63, 3.8) is 0 Å². The van der Waals surface area contributed by atoms with Crippen LogP contribution >= 0.6 is 0 Å². The maximum Gasteiger partial charge on any atom is 0.319 e. The Kier molecular flexibility index (Phi) is 6.61. The molecule has 45 heavy (non-hydrogen) atoms. The van der Waals surface area contributed by atoms with E-state index in [9.17, 15) is 14.3 Å². The number of fused-ring (bicyclic) bond motifs is 2. The predicted octanol–water partition coefficient (Wildman–Crippen LogP) is 5.65. The first kappa shape index (κ1) is 28.7. The van der Waals surface area contributed by atoms with E-state index in [-0.39, 0.29) is 35.4 Å². The van der Waals surface area contributed by atoms with Crippen LogP contribution in [0.1, 0.15) is 62.0 Å². The number of aromatic nitrogens is 2. The molecule has 10 heteroatoms. The van der Waals surface area contributed by atoms with Gasteiger partial charge in [0.1, 0.15) is 30.2 Å². The monoisotopic (exact) mass is 615 g/mol. The van der Waals surface area contributed by atoms with Crippen LogP contribution in [0.2, 0.25) is 0 Å². The summed E-state index contributed by atoms with van der Waals surface area (Å²) in [4.78, 5) is 28.5. The second kappa shape index (κ2) is 10.4. The average Bonchev–Trinajstić information content (AvgIpc) is 3.93. The molecule has 1 amide bonds. The lowest BCUT2D eigenvalue weighted by Crippen LogP contribution is -2.56. The predicted molar refractivity (Wildman–Crippen MR) is 168 cm³/mol. The van der Waals surface area contributed by atoms with Crippen molar-refractivity contribution < 1.29 is 23.4 Å². The Morgan fingerprint density at radius 3 is 2.71 bits per heavy atom. The minimum atomic E-state index is -0.872. The molecule has 2 atom stereocenters. The molecule has 3 aromatic rings. The molecule has 2 aliphatic carbocycles. The number of rotatable bonds is 7. The number of phenolic OH excluding ortho intramolecular Hbond substituents is 1. The van der Waals surface area contributed by atoms with Gasteiger partial charge in [0.2, 0.25) is 5.91 Å². The first-order valence-electron chi connectivity index (χ1n) is 16.2. The smallest absolute Gasteiger partial charge is 0.319 e. The summed E-state index contributed by atoms with van der Waals surface area (Å²) in [5.41, 5.74) is 2.98. The first-order valence-corrected chi connectivity index (χ1v) is 16.2. The van der Waals surface area contributed by atoms with Crippen molar-refractivity contribution in [3.05, 3.63) is 53.9 Å². The maximum atomic E-state index is 16.2. The van der Waals surface area contributed by atoms with E-state index >= 15 is 4.39 Å². The minimum absolute atomic E-state index is 0.0934. The average molecular weight is 616 g/mol. The number of ether oxygens (including phenoxy) is 1. The van der Waals surface area contributed by atoms with E-state index in [1.807, 2.05) is 11.8 Å². The van der Waals surface area contributed by atoms with Crippen molar-refractivity contribution in [2.45, 2.75) is 75.0 Å². The Labute approximate surface area is 261 Å². The molecule has 8 nitrogen and oxygen atoms in total. The molecule has 2 saturated carbocycles. The fourth-order valence-electron chi connectivity index (χ4n) is 8.35. The van der Waals surface area contributed by atoms with Crippen LogP contribution in [-0.4, -0.2) is 87.4 Å². The van der Waals surface area contributed by atoms with Crippen molar-refractivity contribution in [1.82, 2.24) is 19.8 Å². The third-order valence-electron chi connectivity index (χ3n) is 10.8. The normalized spacial score (nSPS) is 25.6. The highest BCUT2D eigenvalue weighted by atomic mass is 19.1. The van der Waals surface area contributed by atoms with Crippen LogP contribution in [0.15, 0.2) is 36.9 Å². The van der Waals surface area contributed by atoms with Gasteiger partial charge in [-0.2, -0.15) is 9.97 Å². The molecule has 0 radical (unpaired) electrons. The molecule has 5 aliphatic rings. The summed E-state index contributed by atoms with van der Waals surface area (Å²) in [7, 11) is 0. The van der Waals surface area contributed by atoms with Gasteiger partial charge in [-0.05, 0) is 105 Å². The molecule has 1 unspecified atom stereocenters. The van der Waals surface area contributed by atoms with Crippen LogP contribution in [0.3, 0.4) is 0 Å². The van der Waals surface area contributed by atoms with Gasteiger partial charge in [-0.25, -0.2) is 8.78 Å². The number of aromatic hydroxyl groups is 1. The number of hydrogen-bond acceptors (Lipinski definition) is 7. The zero-order valence-electron chi connectivity index (χ0n) is 25.7. The van der Waals surface area contributed by atoms with E-state index in [2.05, 4.69) is 16.4 Å². The topological polar surface area (TPSA) is 82.0 Å². The lowest BCUT2D eigenvalue weighted by molar-refractivity contribution is -0.127. The van der Waals surface area contributed by atoms with Crippen LogP contribution in [0.25, 0.3) is 22.0 Å². The van der Waals surface area contributed by atoms with Gasteiger partial charge in [0.25, 0.3) is 0 Å². The third kappa shape index (κ3) is 4.83. The number of alkyl halides is 1. The van der Waals surface area contributed by atoms with Gasteiger partial charge in [-0.1, -0.05) is 6.58 Å². The van der Waals surface area contributed by atoms with E-state index < -0.39 is 12.0 Å². The number of hydrogen-bond donors (Lipinski definition) is 1. The largest absolute Gasteiger partial charge is 0.508 e. The summed E-state index contributed by atoms with van der Waals surface area (Å²) in [6, 6.07) is 6.85. The second-order valence-electron chi connectivity index (χ2n) is 13.9. The zero-order chi connectivity index (χ0) is 31.1. The zero-order valence-corrected chi connectivity index (χ0v) is 25.7. The molecule has 1 N–H and O–H groups in total. The molecule has 3 aliphatic heterocycles. The lowest BCUT2D eigenvalue weighted by atomic mass is 9.91. The number of anilines is 1. The number of aryl methyl sites for hydroxylation is 1. The van der Waals surface area contributed by atoms with Crippen LogP contribution in [0.4, 0.5) is 14.6 Å². The third-order valence-corrected chi connectivity index (χ3v) is 10.8. The van der Waals surface area contributed by atoms with Gasteiger partial charge in [0.05, 0.1) is 16.6 Å². The molecular formula is C35H39F2N5O3. The summed E-state index contributed by atoms with van der Waals surface area (Å²) in [5.74, 6) is 0.542. The van der Waals surface area contributed by atoms with Crippen molar-refractivity contribution in [2.24, 2.45) is 0 Å². The van der Waals surface area contributed by atoms with E-state index in [0.717, 1.165) is 56.2 Å². The second-order valence-corrected chi connectivity index (χ2v) is 13.9. The molecule has 1 spiro atoms. The molecule has 236 valence electrons. The SMILES string of the molecule is C=CC(=O)N1CCN(c2nc(OCC34CCCN3C[C@H](F)C4)nc3cc(-c4cc(O)cc(C)c4C4CC4)c(F)cc23)C2(CC2)C1. The summed E-state index contributed by atoms with van der Waals surface area (Å²) in [6.07, 6.45) is 6.65. The molecule has 4 heterocycles. The highest BCUT2D eigenvalue weighted by Gasteiger charge is 2.53. The summed E-state index contributed by atoms with van der Waals surface area (Å²) in [6.45, 7) is 8.78. The van der Waals surface area contributed by atoms with Crippen LogP contribution < -0.4 is 9.64 Å². The van der Waals surface area contributed by atoms with Gasteiger partial charge >= 0.3 is 6.01 Å². The fourth-order valence-corrected chi connectivity index (χ4v) is 8.35. The molecular weight excluding hydrogens is 576 g/mol. The molecule has 3 saturated heterocycles. The Balaban J connectivity index is 1.23. The molecule has 0 bridgehead atoms. The van der Waals surface area contributed by atoms with Gasteiger partial charge < -0.3 is 19.6 Å². The number of nitrogens with zero attached hydrogens (tertiary/aromatic N) is 5. The highest BCUT2D eigenvalue weighted by Crippen LogP contribution is 2.50.